The zero-order chi connectivity index (χ0) is 15.0. The molecule has 0 radical (unpaired) electrons. The van der Waals surface area contributed by atoms with E-state index in [9.17, 15) is 4.79 Å². The van der Waals surface area contributed by atoms with Crippen LogP contribution in [0.15, 0.2) is 18.2 Å². The summed E-state index contributed by atoms with van der Waals surface area (Å²) in [5.41, 5.74) is 1.23. The fourth-order valence-corrected chi connectivity index (χ4v) is 3.36. The van der Waals surface area contributed by atoms with Crippen LogP contribution in [0.2, 0.25) is 10.0 Å². The molecule has 1 aliphatic rings. The van der Waals surface area contributed by atoms with Crippen LogP contribution in [0.1, 0.15) is 43.1 Å². The molecule has 1 aliphatic carbocycles. The van der Waals surface area contributed by atoms with Gasteiger partial charge in [0.2, 0.25) is 0 Å². The van der Waals surface area contributed by atoms with E-state index in [1.807, 2.05) is 0 Å². The number of rotatable bonds is 2. The van der Waals surface area contributed by atoms with Crippen molar-refractivity contribution in [2.45, 2.75) is 38.6 Å². The molecule has 2 aromatic rings. The molecule has 1 heterocycles. The standard InChI is InChI=1S/C16H18Cl2N2O/c1-9-2-4-10(5-3-9)19-16(21)14-8-11-12(17)6-7-13(18)15(11)20-14/h6-10,20H,2-5H2,1H3,(H,19,21). The Bertz CT molecular complexity index is 633. The molecule has 21 heavy (non-hydrogen) atoms. The molecule has 0 unspecified atom stereocenters. The summed E-state index contributed by atoms with van der Waals surface area (Å²) < 4.78 is 0. The van der Waals surface area contributed by atoms with E-state index < -0.39 is 0 Å². The number of carbonyl (C=O) groups is 1. The van der Waals surface area contributed by atoms with Gasteiger partial charge in [0.05, 0.1) is 15.6 Å². The van der Waals surface area contributed by atoms with Crippen LogP contribution in [-0.4, -0.2) is 16.9 Å². The quantitative estimate of drug-likeness (QED) is 0.820. The highest BCUT2D eigenvalue weighted by Crippen LogP contribution is 2.30. The van der Waals surface area contributed by atoms with Crippen LogP contribution < -0.4 is 5.32 Å². The zero-order valence-electron chi connectivity index (χ0n) is 11.9. The zero-order valence-corrected chi connectivity index (χ0v) is 13.4. The minimum atomic E-state index is -0.0853. The molecule has 0 bridgehead atoms. The van der Waals surface area contributed by atoms with Crippen LogP contribution >= 0.6 is 23.2 Å². The minimum Gasteiger partial charge on any atom is -0.349 e. The average Bonchev–Trinajstić information content (AvgIpc) is 2.92. The van der Waals surface area contributed by atoms with Gasteiger partial charge in [-0.3, -0.25) is 4.79 Å². The summed E-state index contributed by atoms with van der Waals surface area (Å²) in [6, 6.07) is 5.51. The SMILES string of the molecule is CC1CCC(NC(=O)c2cc3c(Cl)ccc(Cl)c3[nH]2)CC1. The molecule has 1 amide bonds. The summed E-state index contributed by atoms with van der Waals surface area (Å²) in [6.07, 6.45) is 4.45. The number of aromatic nitrogens is 1. The third kappa shape index (κ3) is 3.04. The highest BCUT2D eigenvalue weighted by Gasteiger charge is 2.21. The molecule has 112 valence electrons. The van der Waals surface area contributed by atoms with E-state index in [2.05, 4.69) is 17.2 Å². The number of fused-ring (bicyclic) bond motifs is 1. The molecular weight excluding hydrogens is 307 g/mol. The summed E-state index contributed by atoms with van der Waals surface area (Å²) in [6.45, 7) is 2.26. The van der Waals surface area contributed by atoms with Gasteiger partial charge in [0.1, 0.15) is 5.69 Å². The number of H-pyrrole nitrogens is 1. The number of benzene rings is 1. The maximum atomic E-state index is 12.4. The van der Waals surface area contributed by atoms with E-state index in [1.165, 1.54) is 12.8 Å². The fraction of sp³-hybridized carbons (Fsp3) is 0.438. The molecule has 0 aliphatic heterocycles. The van der Waals surface area contributed by atoms with Crippen molar-refractivity contribution in [3.63, 3.8) is 0 Å². The Kier molecular flexibility index (Phi) is 4.14. The van der Waals surface area contributed by atoms with Crippen molar-refractivity contribution >= 4 is 40.0 Å². The lowest BCUT2D eigenvalue weighted by atomic mass is 9.87. The first-order valence-corrected chi connectivity index (χ1v) is 8.08. The molecule has 3 rings (SSSR count). The Morgan fingerprint density at radius 3 is 2.52 bits per heavy atom. The molecule has 5 heteroatoms. The number of hydrogen-bond acceptors (Lipinski definition) is 1. The van der Waals surface area contributed by atoms with Crippen molar-refractivity contribution in [2.24, 2.45) is 5.92 Å². The van der Waals surface area contributed by atoms with Gasteiger partial charge < -0.3 is 10.3 Å². The lowest BCUT2D eigenvalue weighted by Gasteiger charge is -2.26. The van der Waals surface area contributed by atoms with E-state index in [1.54, 1.807) is 18.2 Å². The van der Waals surface area contributed by atoms with Gasteiger partial charge in [0.15, 0.2) is 0 Å². The summed E-state index contributed by atoms with van der Waals surface area (Å²) >= 11 is 12.3. The topological polar surface area (TPSA) is 44.9 Å². The summed E-state index contributed by atoms with van der Waals surface area (Å²) in [4.78, 5) is 15.4. The minimum absolute atomic E-state index is 0.0853. The van der Waals surface area contributed by atoms with Gasteiger partial charge in [-0.15, -0.1) is 0 Å². The van der Waals surface area contributed by atoms with Gasteiger partial charge >= 0.3 is 0 Å². The summed E-state index contributed by atoms with van der Waals surface area (Å²) in [5.74, 6) is 0.682. The highest BCUT2D eigenvalue weighted by atomic mass is 35.5. The van der Waals surface area contributed by atoms with Gasteiger partial charge in [-0.1, -0.05) is 30.1 Å². The van der Waals surface area contributed by atoms with Crippen molar-refractivity contribution in [2.75, 3.05) is 0 Å². The number of nitrogens with one attached hydrogen (secondary N) is 2. The first kappa shape index (κ1) is 14.7. The molecule has 0 saturated heterocycles. The van der Waals surface area contributed by atoms with Gasteiger partial charge in [-0.05, 0) is 49.8 Å². The van der Waals surface area contributed by atoms with Crippen LogP contribution in [0.3, 0.4) is 0 Å². The third-order valence-electron chi connectivity index (χ3n) is 4.29. The Labute approximate surface area is 134 Å². The lowest BCUT2D eigenvalue weighted by Crippen LogP contribution is -2.37. The maximum absolute atomic E-state index is 12.4. The highest BCUT2D eigenvalue weighted by molar-refractivity contribution is 6.40. The first-order valence-electron chi connectivity index (χ1n) is 7.32. The third-order valence-corrected chi connectivity index (χ3v) is 4.93. The Morgan fingerprint density at radius 2 is 1.86 bits per heavy atom. The van der Waals surface area contributed by atoms with Gasteiger partial charge in [0, 0.05) is 11.4 Å². The first-order chi connectivity index (χ1) is 10.0. The molecule has 0 atom stereocenters. The fourth-order valence-electron chi connectivity index (χ4n) is 2.94. The molecular formula is C16H18Cl2N2O. The van der Waals surface area contributed by atoms with Crippen molar-refractivity contribution in [1.82, 2.24) is 10.3 Å². The van der Waals surface area contributed by atoms with Gasteiger partial charge in [0.25, 0.3) is 5.91 Å². The van der Waals surface area contributed by atoms with Crippen molar-refractivity contribution < 1.29 is 4.79 Å². The number of amides is 1. The number of halogens is 2. The Morgan fingerprint density at radius 1 is 1.19 bits per heavy atom. The predicted molar refractivity (Wildman–Crippen MR) is 87.2 cm³/mol. The van der Waals surface area contributed by atoms with Crippen molar-refractivity contribution in [3.05, 3.63) is 33.9 Å². The van der Waals surface area contributed by atoms with Crippen LogP contribution in [0.5, 0.6) is 0 Å². The smallest absolute Gasteiger partial charge is 0.267 e. The largest absolute Gasteiger partial charge is 0.349 e. The van der Waals surface area contributed by atoms with E-state index in [0.29, 0.717) is 21.3 Å². The van der Waals surface area contributed by atoms with Crippen molar-refractivity contribution in [3.8, 4) is 0 Å². The number of carbonyl (C=O) groups excluding carboxylic acids is 1. The van der Waals surface area contributed by atoms with Crippen LogP contribution in [0, 0.1) is 5.92 Å². The lowest BCUT2D eigenvalue weighted by molar-refractivity contribution is 0.0919. The average molecular weight is 325 g/mol. The second-order valence-corrected chi connectivity index (χ2v) is 6.75. The van der Waals surface area contributed by atoms with E-state index in [-0.39, 0.29) is 11.9 Å². The van der Waals surface area contributed by atoms with Crippen LogP contribution in [-0.2, 0) is 0 Å². The van der Waals surface area contributed by atoms with E-state index in [0.717, 1.165) is 24.1 Å². The van der Waals surface area contributed by atoms with Crippen LogP contribution in [0.4, 0.5) is 0 Å². The van der Waals surface area contributed by atoms with Gasteiger partial charge in [-0.25, -0.2) is 0 Å². The molecule has 3 nitrogen and oxygen atoms in total. The van der Waals surface area contributed by atoms with Crippen LogP contribution in [0.25, 0.3) is 10.9 Å². The van der Waals surface area contributed by atoms with E-state index in [4.69, 9.17) is 23.2 Å². The van der Waals surface area contributed by atoms with Gasteiger partial charge in [-0.2, -0.15) is 0 Å². The summed E-state index contributed by atoms with van der Waals surface area (Å²) in [5, 5.41) is 5.05. The number of hydrogen-bond donors (Lipinski definition) is 2. The Balaban J connectivity index is 1.79. The molecule has 1 aromatic heterocycles. The van der Waals surface area contributed by atoms with Crippen molar-refractivity contribution in [1.29, 1.82) is 0 Å². The molecule has 1 aromatic carbocycles. The second-order valence-electron chi connectivity index (χ2n) is 5.93. The second kappa shape index (κ2) is 5.90. The molecule has 0 spiro atoms. The molecule has 1 fully saturated rings. The predicted octanol–water partition coefficient (Wildman–Crippen LogP) is 4.78. The molecule has 1 saturated carbocycles. The Hall–Kier alpha value is -1.19. The van der Waals surface area contributed by atoms with E-state index >= 15 is 0 Å². The monoisotopic (exact) mass is 324 g/mol. The normalized spacial score (nSPS) is 22.4. The maximum Gasteiger partial charge on any atom is 0.267 e. The summed E-state index contributed by atoms with van der Waals surface area (Å²) in [7, 11) is 0. The number of aromatic amines is 1. The molecule has 2 N–H and O–H groups in total.